The van der Waals surface area contributed by atoms with Crippen LogP contribution < -0.4 is 0 Å². The number of nitrogens with zero attached hydrogens (tertiary/aromatic N) is 3. The molecule has 0 saturated carbocycles. The van der Waals surface area contributed by atoms with Crippen molar-refractivity contribution in [1.29, 1.82) is 0 Å². The second kappa shape index (κ2) is 4.63. The highest BCUT2D eigenvalue weighted by atomic mass is 35.5. The minimum atomic E-state index is -2.06. The van der Waals surface area contributed by atoms with Crippen LogP contribution in [-0.4, -0.2) is 49.2 Å². The van der Waals surface area contributed by atoms with E-state index >= 15 is 0 Å². The highest BCUT2D eigenvalue weighted by molar-refractivity contribution is 6.33. The molecule has 6 nitrogen and oxygen atoms in total. The Morgan fingerprint density at radius 1 is 1.55 bits per heavy atom. The van der Waals surface area contributed by atoms with Gasteiger partial charge in [0.1, 0.15) is 29.3 Å². The van der Waals surface area contributed by atoms with Gasteiger partial charge in [0, 0.05) is 6.20 Å². The Hall–Kier alpha value is -1.28. The topological polar surface area (TPSA) is 80.4 Å². The number of aliphatic hydroxyl groups excluding tert-OH is 2. The maximum atomic E-state index is 14.7. The Kier molecular flexibility index (Phi) is 3.17. The third-order valence-corrected chi connectivity index (χ3v) is 3.91. The Morgan fingerprint density at radius 3 is 2.95 bits per heavy atom. The van der Waals surface area contributed by atoms with Crippen LogP contribution in [0.1, 0.15) is 13.2 Å². The minimum absolute atomic E-state index is 0.256. The fourth-order valence-electron chi connectivity index (χ4n) is 2.49. The average molecular weight is 302 g/mol. The maximum absolute atomic E-state index is 14.7. The summed E-state index contributed by atoms with van der Waals surface area (Å²) < 4.78 is 21.6. The normalized spacial score (nSPS) is 34.0. The lowest BCUT2D eigenvalue weighted by atomic mass is 9.98. The summed E-state index contributed by atoms with van der Waals surface area (Å²) in [4.78, 5) is 7.91. The average Bonchev–Trinajstić information content (AvgIpc) is 2.92. The molecule has 20 heavy (non-hydrogen) atoms. The third kappa shape index (κ3) is 1.81. The van der Waals surface area contributed by atoms with Crippen LogP contribution in [0.3, 0.4) is 0 Å². The maximum Gasteiger partial charge on any atom is 0.181 e. The Morgan fingerprint density at radius 2 is 2.30 bits per heavy atom. The van der Waals surface area contributed by atoms with Crippen molar-refractivity contribution in [1.82, 2.24) is 14.5 Å². The second-order valence-electron chi connectivity index (χ2n) is 4.93. The van der Waals surface area contributed by atoms with Crippen molar-refractivity contribution in [2.75, 3.05) is 6.61 Å². The lowest BCUT2D eigenvalue weighted by molar-refractivity contribution is -0.0564. The van der Waals surface area contributed by atoms with E-state index in [0.717, 1.165) is 0 Å². The summed E-state index contributed by atoms with van der Waals surface area (Å²) >= 11 is 5.94. The number of fused-ring (bicyclic) bond motifs is 1. The van der Waals surface area contributed by atoms with Gasteiger partial charge in [0.05, 0.1) is 12.0 Å². The molecule has 2 aromatic rings. The van der Waals surface area contributed by atoms with E-state index in [1.807, 2.05) is 0 Å². The van der Waals surface area contributed by atoms with Gasteiger partial charge in [-0.1, -0.05) is 11.6 Å². The number of alkyl halides is 1. The van der Waals surface area contributed by atoms with Crippen molar-refractivity contribution < 1.29 is 19.3 Å². The lowest BCUT2D eigenvalue weighted by Crippen LogP contribution is -2.40. The van der Waals surface area contributed by atoms with Gasteiger partial charge < -0.3 is 19.5 Å². The molecule has 0 bridgehead atoms. The molecule has 2 aromatic heterocycles. The van der Waals surface area contributed by atoms with Crippen LogP contribution in [0.5, 0.6) is 0 Å². The summed E-state index contributed by atoms with van der Waals surface area (Å²) in [6.45, 7) is 0.763. The highest BCUT2D eigenvalue weighted by Gasteiger charge is 2.54. The SMILES string of the molecule is CC1(F)C(O)[C@@H](CO)O[C@H]1n1ccc2c(Cl)ncnc21. The summed E-state index contributed by atoms with van der Waals surface area (Å²) in [5.74, 6) is 0. The zero-order chi connectivity index (χ0) is 14.5. The van der Waals surface area contributed by atoms with Crippen molar-refractivity contribution in [3.05, 3.63) is 23.7 Å². The number of aliphatic hydroxyl groups is 2. The monoisotopic (exact) mass is 301 g/mol. The molecule has 0 spiro atoms. The van der Waals surface area contributed by atoms with E-state index in [1.165, 1.54) is 17.8 Å². The van der Waals surface area contributed by atoms with Crippen LogP contribution in [0.4, 0.5) is 4.39 Å². The summed E-state index contributed by atoms with van der Waals surface area (Å²) in [5, 5.41) is 19.8. The van der Waals surface area contributed by atoms with E-state index in [0.29, 0.717) is 11.0 Å². The van der Waals surface area contributed by atoms with Crippen molar-refractivity contribution in [3.8, 4) is 0 Å². The molecule has 3 rings (SSSR count). The molecular formula is C12H13ClFN3O3. The van der Waals surface area contributed by atoms with Gasteiger partial charge in [-0.15, -0.1) is 0 Å². The van der Waals surface area contributed by atoms with Gasteiger partial charge in [-0.05, 0) is 13.0 Å². The number of hydrogen-bond donors (Lipinski definition) is 2. The minimum Gasteiger partial charge on any atom is -0.394 e. The second-order valence-corrected chi connectivity index (χ2v) is 5.29. The first-order valence-electron chi connectivity index (χ1n) is 6.07. The van der Waals surface area contributed by atoms with Crippen LogP contribution in [0.2, 0.25) is 5.15 Å². The molecule has 1 saturated heterocycles. The number of aromatic nitrogens is 3. The molecule has 0 aromatic carbocycles. The van der Waals surface area contributed by atoms with Gasteiger partial charge in [0.15, 0.2) is 11.9 Å². The summed E-state index contributed by atoms with van der Waals surface area (Å²) in [7, 11) is 0. The van der Waals surface area contributed by atoms with Crippen molar-refractivity contribution in [2.45, 2.75) is 31.0 Å². The van der Waals surface area contributed by atoms with Gasteiger partial charge in [-0.3, -0.25) is 0 Å². The Labute approximate surface area is 118 Å². The standard InChI is InChI=1S/C12H13ClFN3O3/c1-12(14)8(19)7(4-18)20-11(12)17-3-2-6-9(13)15-5-16-10(6)17/h2-3,5,7-8,11,18-19H,4H2,1H3/t7-,8?,11-,12?/m1/s1. The molecule has 2 N–H and O–H groups in total. The molecule has 3 heterocycles. The van der Waals surface area contributed by atoms with Gasteiger partial charge in [-0.2, -0.15) is 0 Å². The van der Waals surface area contributed by atoms with Gasteiger partial charge in [0.25, 0.3) is 0 Å². The predicted octanol–water partition coefficient (Wildman–Crippen LogP) is 1.06. The number of halogens is 2. The lowest BCUT2D eigenvalue weighted by Gasteiger charge is -2.25. The van der Waals surface area contributed by atoms with E-state index in [-0.39, 0.29) is 5.15 Å². The van der Waals surface area contributed by atoms with Crippen molar-refractivity contribution >= 4 is 22.6 Å². The third-order valence-electron chi connectivity index (χ3n) is 3.61. The number of hydrogen-bond acceptors (Lipinski definition) is 5. The Bertz CT molecular complexity index is 648. The van der Waals surface area contributed by atoms with E-state index in [9.17, 15) is 9.50 Å². The van der Waals surface area contributed by atoms with Crippen LogP contribution in [0.15, 0.2) is 18.6 Å². The van der Waals surface area contributed by atoms with Gasteiger partial charge in [-0.25, -0.2) is 14.4 Å². The molecule has 8 heteroatoms. The zero-order valence-corrected chi connectivity index (χ0v) is 11.3. The number of rotatable bonds is 2. The molecular weight excluding hydrogens is 289 g/mol. The van der Waals surface area contributed by atoms with Gasteiger partial charge in [0.2, 0.25) is 0 Å². The number of ether oxygens (including phenoxy) is 1. The van der Waals surface area contributed by atoms with E-state index in [1.54, 1.807) is 12.3 Å². The molecule has 1 fully saturated rings. The first-order valence-corrected chi connectivity index (χ1v) is 6.45. The first-order chi connectivity index (χ1) is 9.46. The van der Waals surface area contributed by atoms with E-state index < -0.39 is 30.7 Å². The molecule has 0 amide bonds. The fraction of sp³-hybridized carbons (Fsp3) is 0.500. The van der Waals surface area contributed by atoms with Gasteiger partial charge >= 0.3 is 0 Å². The summed E-state index contributed by atoms with van der Waals surface area (Å²) in [6, 6.07) is 1.65. The zero-order valence-electron chi connectivity index (χ0n) is 10.6. The van der Waals surface area contributed by atoms with Crippen LogP contribution in [-0.2, 0) is 4.74 Å². The first kappa shape index (κ1) is 13.7. The summed E-state index contributed by atoms with van der Waals surface area (Å²) in [6.07, 6.45) is -0.665. The summed E-state index contributed by atoms with van der Waals surface area (Å²) in [5.41, 5.74) is -1.65. The van der Waals surface area contributed by atoms with Crippen LogP contribution >= 0.6 is 11.6 Å². The molecule has 0 radical (unpaired) electrons. The van der Waals surface area contributed by atoms with Crippen molar-refractivity contribution in [3.63, 3.8) is 0 Å². The Balaban J connectivity index is 2.10. The predicted molar refractivity (Wildman–Crippen MR) is 69.1 cm³/mol. The largest absolute Gasteiger partial charge is 0.394 e. The van der Waals surface area contributed by atoms with Crippen LogP contribution in [0, 0.1) is 0 Å². The fourth-order valence-corrected chi connectivity index (χ4v) is 2.68. The smallest absolute Gasteiger partial charge is 0.181 e. The molecule has 4 atom stereocenters. The quantitative estimate of drug-likeness (QED) is 0.811. The highest BCUT2D eigenvalue weighted by Crippen LogP contribution is 2.42. The van der Waals surface area contributed by atoms with E-state index in [4.69, 9.17) is 21.4 Å². The van der Waals surface area contributed by atoms with Crippen LogP contribution in [0.25, 0.3) is 11.0 Å². The molecule has 108 valence electrons. The molecule has 2 unspecified atom stereocenters. The molecule has 1 aliphatic heterocycles. The molecule has 1 aliphatic rings. The molecule has 0 aliphatic carbocycles. The van der Waals surface area contributed by atoms with Crippen molar-refractivity contribution in [2.24, 2.45) is 0 Å². The van der Waals surface area contributed by atoms with E-state index in [2.05, 4.69) is 9.97 Å².